The molecule has 28 heavy (non-hydrogen) atoms. The Hall–Kier alpha value is -3.66. The van der Waals surface area contributed by atoms with E-state index in [9.17, 15) is 14.4 Å². The van der Waals surface area contributed by atoms with Gasteiger partial charge in [-0.25, -0.2) is 9.59 Å². The van der Waals surface area contributed by atoms with Crippen LogP contribution in [-0.2, 0) is 20.9 Å². The van der Waals surface area contributed by atoms with E-state index in [1.165, 1.54) is 7.11 Å². The van der Waals surface area contributed by atoms with Gasteiger partial charge in [-0.3, -0.25) is 4.79 Å². The Bertz CT molecular complexity index is 857. The number of nitrogens with one attached hydrogen (secondary N) is 1. The Morgan fingerprint density at radius 1 is 1.07 bits per heavy atom. The number of alkyl carbamates (subject to hydrolysis) is 1. The number of carbonyl (C=O) groups is 3. The molecule has 1 unspecified atom stereocenters. The molecule has 0 aliphatic heterocycles. The molecule has 2 aromatic rings. The summed E-state index contributed by atoms with van der Waals surface area (Å²) in [6.07, 6.45) is -0.640. The van der Waals surface area contributed by atoms with Gasteiger partial charge in [-0.1, -0.05) is 42.5 Å². The minimum absolute atomic E-state index is 0.0195. The van der Waals surface area contributed by atoms with Crippen LogP contribution in [0.4, 0.5) is 4.79 Å². The molecular formula is C21H20N2O5. The maximum atomic E-state index is 12.2. The third kappa shape index (κ3) is 6.25. The molecule has 1 N–H and O–H groups in total. The fraction of sp³-hybridized carbons (Fsp3) is 0.238. The number of hydrogen-bond acceptors (Lipinski definition) is 6. The van der Waals surface area contributed by atoms with Crippen LogP contribution in [0.3, 0.4) is 0 Å². The van der Waals surface area contributed by atoms with Crippen LogP contribution in [0.25, 0.3) is 0 Å². The number of carbonyl (C=O) groups excluding carboxylic acids is 3. The molecule has 0 spiro atoms. The highest BCUT2D eigenvalue weighted by atomic mass is 16.6. The highest BCUT2D eigenvalue weighted by Gasteiger charge is 2.23. The molecule has 0 aliphatic rings. The Balaban J connectivity index is 1.88. The number of ether oxygens (including phenoxy) is 2. The molecule has 2 aromatic carbocycles. The first-order valence-corrected chi connectivity index (χ1v) is 8.62. The van der Waals surface area contributed by atoms with Gasteiger partial charge in [0, 0.05) is 12.0 Å². The molecule has 0 aliphatic carbocycles. The van der Waals surface area contributed by atoms with E-state index in [0.717, 1.165) is 0 Å². The van der Waals surface area contributed by atoms with Gasteiger partial charge in [0.2, 0.25) is 0 Å². The van der Waals surface area contributed by atoms with Crippen molar-refractivity contribution in [2.24, 2.45) is 0 Å². The van der Waals surface area contributed by atoms with Gasteiger partial charge >= 0.3 is 12.1 Å². The summed E-state index contributed by atoms with van der Waals surface area (Å²) in [5, 5.41) is 11.2. The second-order valence-corrected chi connectivity index (χ2v) is 5.93. The van der Waals surface area contributed by atoms with E-state index >= 15 is 0 Å². The summed E-state index contributed by atoms with van der Waals surface area (Å²) in [4.78, 5) is 36.1. The van der Waals surface area contributed by atoms with Gasteiger partial charge in [0.1, 0.15) is 12.6 Å². The predicted octanol–water partition coefficient (Wildman–Crippen LogP) is 2.99. The zero-order valence-corrected chi connectivity index (χ0v) is 15.4. The van der Waals surface area contributed by atoms with Crippen molar-refractivity contribution in [2.45, 2.75) is 25.5 Å². The van der Waals surface area contributed by atoms with Crippen molar-refractivity contribution in [1.82, 2.24) is 5.32 Å². The monoisotopic (exact) mass is 380 g/mol. The number of methoxy groups -OCH3 is 1. The third-order valence-electron chi connectivity index (χ3n) is 3.99. The second-order valence-electron chi connectivity index (χ2n) is 5.93. The summed E-state index contributed by atoms with van der Waals surface area (Å²) in [5.74, 6) is -0.793. The Labute approximate surface area is 162 Å². The first-order valence-electron chi connectivity index (χ1n) is 8.62. The average Bonchev–Trinajstić information content (AvgIpc) is 2.75. The number of amides is 1. The van der Waals surface area contributed by atoms with Crippen LogP contribution in [0, 0.1) is 11.3 Å². The smallest absolute Gasteiger partial charge is 0.408 e. The lowest BCUT2D eigenvalue weighted by atomic mass is 10.0. The van der Waals surface area contributed by atoms with Crippen LogP contribution in [0.1, 0.15) is 34.3 Å². The number of esters is 1. The standard InChI is InChI=1S/C21H20N2O5/c1-27-20(25)18(11-12-19(24)17-5-3-2-4-6-17)23-21(26)28-14-16-9-7-15(13-22)8-10-16/h2-10,18H,11-12,14H2,1H3,(H,23,26). The molecule has 0 saturated heterocycles. The molecule has 144 valence electrons. The summed E-state index contributed by atoms with van der Waals surface area (Å²) in [7, 11) is 1.21. The summed E-state index contributed by atoms with van der Waals surface area (Å²) < 4.78 is 9.78. The second kappa shape index (κ2) is 10.5. The van der Waals surface area contributed by atoms with Crippen LogP contribution in [-0.4, -0.2) is 31.0 Å². The quantitative estimate of drug-likeness (QED) is 0.557. The molecule has 0 saturated carbocycles. The largest absolute Gasteiger partial charge is 0.467 e. The van der Waals surface area contributed by atoms with Crippen molar-refractivity contribution in [2.75, 3.05) is 7.11 Å². The van der Waals surface area contributed by atoms with E-state index in [0.29, 0.717) is 16.7 Å². The highest BCUT2D eigenvalue weighted by Crippen LogP contribution is 2.09. The van der Waals surface area contributed by atoms with E-state index in [2.05, 4.69) is 10.1 Å². The Morgan fingerprint density at radius 2 is 1.75 bits per heavy atom. The van der Waals surface area contributed by atoms with Gasteiger partial charge in [0.15, 0.2) is 5.78 Å². The minimum atomic E-state index is -0.994. The van der Waals surface area contributed by atoms with Gasteiger partial charge in [-0.05, 0) is 24.1 Å². The Kier molecular flexibility index (Phi) is 7.73. The number of hydrogen-bond donors (Lipinski definition) is 1. The van der Waals surface area contributed by atoms with Crippen LogP contribution in [0.15, 0.2) is 54.6 Å². The number of nitrogens with zero attached hydrogens (tertiary/aromatic N) is 1. The minimum Gasteiger partial charge on any atom is -0.467 e. The predicted molar refractivity (Wildman–Crippen MR) is 100 cm³/mol. The molecule has 0 fully saturated rings. The first kappa shape index (κ1) is 20.6. The van der Waals surface area contributed by atoms with Gasteiger partial charge in [0.05, 0.1) is 18.7 Å². The van der Waals surface area contributed by atoms with E-state index in [1.54, 1.807) is 54.6 Å². The topological polar surface area (TPSA) is 105 Å². The van der Waals surface area contributed by atoms with E-state index < -0.39 is 18.1 Å². The summed E-state index contributed by atoms with van der Waals surface area (Å²) in [5.41, 5.74) is 1.74. The maximum Gasteiger partial charge on any atom is 0.408 e. The molecule has 0 heterocycles. The molecule has 0 radical (unpaired) electrons. The zero-order valence-electron chi connectivity index (χ0n) is 15.4. The van der Waals surface area contributed by atoms with E-state index in [1.807, 2.05) is 6.07 Å². The van der Waals surface area contributed by atoms with E-state index in [4.69, 9.17) is 10.00 Å². The van der Waals surface area contributed by atoms with Crippen molar-refractivity contribution in [3.05, 3.63) is 71.3 Å². The molecule has 0 bridgehead atoms. The van der Waals surface area contributed by atoms with Gasteiger partial charge in [-0.15, -0.1) is 0 Å². The lowest BCUT2D eigenvalue weighted by Gasteiger charge is -2.16. The number of ketones is 1. The molecular weight excluding hydrogens is 360 g/mol. The summed E-state index contributed by atoms with van der Waals surface area (Å²) in [6.45, 7) is -0.0195. The van der Waals surface area contributed by atoms with Crippen molar-refractivity contribution in [3.8, 4) is 6.07 Å². The number of nitriles is 1. The van der Waals surface area contributed by atoms with Crippen molar-refractivity contribution in [3.63, 3.8) is 0 Å². The molecule has 2 rings (SSSR count). The van der Waals surface area contributed by atoms with Crippen molar-refractivity contribution in [1.29, 1.82) is 5.26 Å². The SMILES string of the molecule is COC(=O)C(CCC(=O)c1ccccc1)NC(=O)OCc1ccc(C#N)cc1. The number of benzene rings is 2. The fourth-order valence-electron chi connectivity index (χ4n) is 2.44. The molecule has 0 aromatic heterocycles. The zero-order chi connectivity index (χ0) is 20.4. The number of rotatable bonds is 8. The molecule has 1 atom stereocenters. The van der Waals surface area contributed by atoms with E-state index in [-0.39, 0.29) is 25.2 Å². The lowest BCUT2D eigenvalue weighted by Crippen LogP contribution is -2.42. The summed E-state index contributed by atoms with van der Waals surface area (Å²) in [6, 6.07) is 16.3. The molecule has 7 nitrogen and oxygen atoms in total. The Morgan fingerprint density at radius 3 is 2.36 bits per heavy atom. The molecule has 7 heteroatoms. The van der Waals surface area contributed by atoms with Crippen molar-refractivity contribution >= 4 is 17.8 Å². The van der Waals surface area contributed by atoms with Gasteiger partial charge < -0.3 is 14.8 Å². The van der Waals surface area contributed by atoms with Crippen LogP contribution in [0.2, 0.25) is 0 Å². The fourth-order valence-corrected chi connectivity index (χ4v) is 2.44. The van der Waals surface area contributed by atoms with Crippen LogP contribution < -0.4 is 5.32 Å². The van der Waals surface area contributed by atoms with Crippen LogP contribution >= 0.6 is 0 Å². The van der Waals surface area contributed by atoms with Crippen molar-refractivity contribution < 1.29 is 23.9 Å². The average molecular weight is 380 g/mol. The third-order valence-corrected chi connectivity index (χ3v) is 3.99. The maximum absolute atomic E-state index is 12.2. The summed E-state index contributed by atoms with van der Waals surface area (Å²) >= 11 is 0. The van der Waals surface area contributed by atoms with Crippen LogP contribution in [0.5, 0.6) is 0 Å². The molecule has 1 amide bonds. The lowest BCUT2D eigenvalue weighted by molar-refractivity contribution is -0.143. The normalized spacial score (nSPS) is 11.0. The first-order chi connectivity index (χ1) is 13.5. The van der Waals surface area contributed by atoms with Gasteiger partial charge in [0.25, 0.3) is 0 Å². The van der Waals surface area contributed by atoms with Gasteiger partial charge in [-0.2, -0.15) is 5.26 Å². The number of Topliss-reactive ketones (excluding diaryl/α,β-unsaturated/α-hetero) is 1. The highest BCUT2D eigenvalue weighted by molar-refractivity contribution is 5.96.